The van der Waals surface area contributed by atoms with Gasteiger partial charge in [0.25, 0.3) is 0 Å². The molecule has 0 aromatic carbocycles. The van der Waals surface area contributed by atoms with E-state index in [0.29, 0.717) is 26.0 Å². The second-order valence-corrected chi connectivity index (χ2v) is 4.97. The third-order valence-corrected chi connectivity index (χ3v) is 3.19. The van der Waals surface area contributed by atoms with Gasteiger partial charge in [-0.2, -0.15) is 0 Å². The number of nitrogens with one attached hydrogen (secondary N) is 2. The van der Waals surface area contributed by atoms with Crippen LogP contribution in [0.25, 0.3) is 0 Å². The van der Waals surface area contributed by atoms with Gasteiger partial charge in [-0.15, -0.1) is 0 Å². The first kappa shape index (κ1) is 14.8. The van der Waals surface area contributed by atoms with E-state index in [1.807, 2.05) is 13.8 Å². The summed E-state index contributed by atoms with van der Waals surface area (Å²) in [5, 5.41) is 14.3. The van der Waals surface area contributed by atoms with Gasteiger partial charge >= 0.3 is 12.0 Å². The van der Waals surface area contributed by atoms with Crippen LogP contribution in [0.5, 0.6) is 0 Å². The van der Waals surface area contributed by atoms with Crippen molar-refractivity contribution in [3.8, 4) is 0 Å². The molecule has 0 atom stereocenters. The molecule has 1 saturated carbocycles. The van der Waals surface area contributed by atoms with Gasteiger partial charge < -0.3 is 20.5 Å². The highest BCUT2D eigenvalue weighted by Gasteiger charge is 2.44. The predicted octanol–water partition coefficient (Wildman–Crippen LogP) is 0.965. The molecule has 3 N–H and O–H groups in total. The lowest BCUT2D eigenvalue weighted by molar-refractivity contribution is -0.153. The molecule has 0 bridgehead atoms. The average Bonchev–Trinajstić information content (AvgIpc) is 2.22. The van der Waals surface area contributed by atoms with Crippen LogP contribution in [0.1, 0.15) is 33.1 Å². The van der Waals surface area contributed by atoms with Crippen molar-refractivity contribution in [3.05, 3.63) is 0 Å². The highest BCUT2D eigenvalue weighted by atomic mass is 16.5. The zero-order chi connectivity index (χ0) is 13.6. The summed E-state index contributed by atoms with van der Waals surface area (Å²) in [6.45, 7) is 4.92. The maximum absolute atomic E-state index is 11.4. The molecule has 104 valence electrons. The van der Waals surface area contributed by atoms with Crippen LogP contribution in [0.15, 0.2) is 0 Å². The van der Waals surface area contributed by atoms with Gasteiger partial charge in [-0.1, -0.05) is 6.42 Å². The Hall–Kier alpha value is -1.30. The fourth-order valence-corrected chi connectivity index (χ4v) is 1.84. The van der Waals surface area contributed by atoms with E-state index < -0.39 is 11.4 Å². The SMILES string of the molecule is CC(C)OCCNC(=O)NCC1(C(=O)O)CCC1. The Bertz CT molecular complexity index is 300. The first-order chi connectivity index (χ1) is 8.46. The number of rotatable bonds is 7. The summed E-state index contributed by atoms with van der Waals surface area (Å²) in [4.78, 5) is 22.5. The normalized spacial score (nSPS) is 17.1. The Morgan fingerprint density at radius 3 is 2.44 bits per heavy atom. The maximum atomic E-state index is 11.4. The Kier molecular flexibility index (Phi) is 5.40. The Labute approximate surface area is 107 Å². The van der Waals surface area contributed by atoms with Crippen molar-refractivity contribution in [3.63, 3.8) is 0 Å². The van der Waals surface area contributed by atoms with Gasteiger partial charge in [-0.25, -0.2) is 4.79 Å². The van der Waals surface area contributed by atoms with Crippen LogP contribution in [0.3, 0.4) is 0 Å². The molecule has 2 amide bonds. The summed E-state index contributed by atoms with van der Waals surface area (Å²) in [6.07, 6.45) is 2.33. The first-order valence-corrected chi connectivity index (χ1v) is 6.33. The van der Waals surface area contributed by atoms with Crippen LogP contribution in [0.2, 0.25) is 0 Å². The number of carboxylic acid groups (broad SMARTS) is 1. The molecule has 1 fully saturated rings. The van der Waals surface area contributed by atoms with Gasteiger partial charge in [0, 0.05) is 13.1 Å². The van der Waals surface area contributed by atoms with E-state index >= 15 is 0 Å². The average molecular weight is 258 g/mol. The number of aliphatic carboxylic acids is 1. The lowest BCUT2D eigenvalue weighted by Crippen LogP contribution is -2.50. The molecule has 1 aliphatic rings. The number of carbonyl (C=O) groups excluding carboxylic acids is 1. The number of carboxylic acids is 1. The minimum Gasteiger partial charge on any atom is -0.481 e. The van der Waals surface area contributed by atoms with Crippen molar-refractivity contribution < 1.29 is 19.4 Å². The second-order valence-electron chi connectivity index (χ2n) is 4.97. The molecule has 18 heavy (non-hydrogen) atoms. The number of urea groups is 1. The van der Waals surface area contributed by atoms with Gasteiger partial charge in [-0.05, 0) is 26.7 Å². The largest absolute Gasteiger partial charge is 0.481 e. The Morgan fingerprint density at radius 1 is 1.33 bits per heavy atom. The summed E-state index contributed by atoms with van der Waals surface area (Å²) < 4.78 is 5.27. The summed E-state index contributed by atoms with van der Waals surface area (Å²) in [6, 6.07) is -0.338. The molecule has 0 spiro atoms. The standard InChI is InChI=1S/C12H22N2O4/c1-9(2)18-7-6-13-11(17)14-8-12(10(15)16)4-3-5-12/h9H,3-8H2,1-2H3,(H,15,16)(H2,13,14,17). The number of amides is 2. The van der Waals surface area contributed by atoms with E-state index in [0.717, 1.165) is 6.42 Å². The highest BCUT2D eigenvalue weighted by molar-refractivity contribution is 5.78. The van der Waals surface area contributed by atoms with E-state index in [-0.39, 0.29) is 18.7 Å². The Morgan fingerprint density at radius 2 is 2.00 bits per heavy atom. The van der Waals surface area contributed by atoms with Crippen molar-refractivity contribution >= 4 is 12.0 Å². The molecular formula is C12H22N2O4. The smallest absolute Gasteiger partial charge is 0.314 e. The van der Waals surface area contributed by atoms with Crippen LogP contribution < -0.4 is 10.6 Å². The molecule has 0 unspecified atom stereocenters. The summed E-state index contributed by atoms with van der Waals surface area (Å²) in [7, 11) is 0. The quantitative estimate of drug-likeness (QED) is 0.594. The monoisotopic (exact) mass is 258 g/mol. The topological polar surface area (TPSA) is 87.7 Å². The predicted molar refractivity (Wildman–Crippen MR) is 66.4 cm³/mol. The molecule has 6 nitrogen and oxygen atoms in total. The molecule has 6 heteroatoms. The first-order valence-electron chi connectivity index (χ1n) is 6.33. The number of ether oxygens (including phenoxy) is 1. The number of hydrogen-bond donors (Lipinski definition) is 3. The minimum absolute atomic E-state index is 0.139. The van der Waals surface area contributed by atoms with E-state index in [1.54, 1.807) is 0 Å². The summed E-state index contributed by atoms with van der Waals surface area (Å²) in [5.41, 5.74) is -0.744. The number of hydrogen-bond acceptors (Lipinski definition) is 3. The minimum atomic E-state index is -0.822. The zero-order valence-corrected chi connectivity index (χ0v) is 11.0. The fourth-order valence-electron chi connectivity index (χ4n) is 1.84. The van der Waals surface area contributed by atoms with Gasteiger partial charge in [0.2, 0.25) is 0 Å². The lowest BCUT2D eigenvalue weighted by Gasteiger charge is -2.37. The third kappa shape index (κ3) is 4.18. The van der Waals surface area contributed by atoms with E-state index in [1.165, 1.54) is 0 Å². The van der Waals surface area contributed by atoms with Crippen molar-refractivity contribution in [2.45, 2.75) is 39.2 Å². The lowest BCUT2D eigenvalue weighted by atomic mass is 9.69. The van der Waals surface area contributed by atoms with Crippen molar-refractivity contribution in [1.29, 1.82) is 0 Å². The summed E-state index contributed by atoms with van der Waals surface area (Å²) >= 11 is 0. The third-order valence-electron chi connectivity index (χ3n) is 3.19. The van der Waals surface area contributed by atoms with Gasteiger partial charge in [0.1, 0.15) is 0 Å². The van der Waals surface area contributed by atoms with E-state index in [9.17, 15) is 9.59 Å². The highest BCUT2D eigenvalue weighted by Crippen LogP contribution is 2.40. The van der Waals surface area contributed by atoms with E-state index in [4.69, 9.17) is 9.84 Å². The van der Waals surface area contributed by atoms with Gasteiger partial charge in [-0.3, -0.25) is 4.79 Å². The van der Waals surface area contributed by atoms with Gasteiger partial charge in [0.05, 0.1) is 18.1 Å². The molecule has 0 aromatic rings. The van der Waals surface area contributed by atoms with E-state index in [2.05, 4.69) is 10.6 Å². The van der Waals surface area contributed by atoms with Gasteiger partial charge in [0.15, 0.2) is 0 Å². The number of carbonyl (C=O) groups is 2. The van der Waals surface area contributed by atoms with Crippen molar-refractivity contribution in [2.75, 3.05) is 19.7 Å². The molecule has 0 radical (unpaired) electrons. The van der Waals surface area contributed by atoms with Crippen LogP contribution in [-0.4, -0.2) is 42.9 Å². The van der Waals surface area contributed by atoms with Crippen LogP contribution >= 0.6 is 0 Å². The zero-order valence-electron chi connectivity index (χ0n) is 11.0. The van der Waals surface area contributed by atoms with Crippen LogP contribution in [-0.2, 0) is 9.53 Å². The second kappa shape index (κ2) is 6.58. The maximum Gasteiger partial charge on any atom is 0.314 e. The molecular weight excluding hydrogens is 236 g/mol. The van der Waals surface area contributed by atoms with Crippen molar-refractivity contribution in [1.82, 2.24) is 10.6 Å². The van der Waals surface area contributed by atoms with Crippen molar-refractivity contribution in [2.24, 2.45) is 5.41 Å². The van der Waals surface area contributed by atoms with Crippen LogP contribution in [0, 0.1) is 5.41 Å². The molecule has 0 heterocycles. The van der Waals surface area contributed by atoms with Crippen LogP contribution in [0.4, 0.5) is 4.79 Å². The molecule has 0 saturated heterocycles. The molecule has 1 aliphatic carbocycles. The Balaban J connectivity index is 2.15. The summed E-state index contributed by atoms with van der Waals surface area (Å²) in [5.74, 6) is -0.822. The molecule has 0 aromatic heterocycles. The fraction of sp³-hybridized carbons (Fsp3) is 0.833. The molecule has 1 rings (SSSR count). The molecule has 0 aliphatic heterocycles.